The lowest BCUT2D eigenvalue weighted by Crippen LogP contribution is -2.06. The highest BCUT2D eigenvalue weighted by Crippen LogP contribution is 2.31. The average molecular weight is 362 g/mol. The van der Waals surface area contributed by atoms with E-state index in [2.05, 4.69) is 15.5 Å². The number of nitriles is 1. The van der Waals surface area contributed by atoms with E-state index < -0.39 is 10.1 Å². The van der Waals surface area contributed by atoms with Crippen LogP contribution < -0.4 is 0 Å². The number of nitrogens with zero attached hydrogens (tertiary/aromatic N) is 2. The molecular formula is C17H18N2O3S2. The second-order valence-electron chi connectivity index (χ2n) is 5.23. The van der Waals surface area contributed by atoms with Crippen LogP contribution in [0.5, 0.6) is 0 Å². The third-order valence-electron chi connectivity index (χ3n) is 3.30. The number of thioether (sulfide) groups is 1. The Labute approximate surface area is 146 Å². The van der Waals surface area contributed by atoms with Gasteiger partial charge in [-0.05, 0) is 42.7 Å². The highest BCUT2D eigenvalue weighted by atomic mass is 32.2. The number of allylic oxidation sites excluding steroid dienone is 2. The molecule has 2 rings (SSSR count). The van der Waals surface area contributed by atoms with Crippen molar-refractivity contribution in [1.82, 2.24) is 0 Å². The highest BCUT2D eigenvalue weighted by molar-refractivity contribution is 8.18. The zero-order valence-electron chi connectivity index (χ0n) is 13.5. The van der Waals surface area contributed by atoms with Gasteiger partial charge in [-0.2, -0.15) is 13.7 Å². The van der Waals surface area contributed by atoms with E-state index in [1.54, 1.807) is 19.1 Å². The van der Waals surface area contributed by atoms with Crippen LogP contribution in [-0.4, -0.2) is 19.2 Å². The molecule has 0 aliphatic carbocycles. The van der Waals surface area contributed by atoms with E-state index in [1.807, 2.05) is 37.3 Å². The Balaban J connectivity index is 2.10. The second-order valence-corrected chi connectivity index (χ2v) is 8.00. The molecule has 0 aromatic heterocycles. The predicted molar refractivity (Wildman–Crippen MR) is 96.9 cm³/mol. The molecule has 1 aromatic rings. The zero-order valence-corrected chi connectivity index (χ0v) is 15.1. The Bertz CT molecular complexity index is 834. The fourth-order valence-corrected chi connectivity index (χ4v) is 3.77. The quantitative estimate of drug-likeness (QED) is 0.718. The van der Waals surface area contributed by atoms with E-state index >= 15 is 0 Å². The number of oxime groups is 1. The summed E-state index contributed by atoms with van der Waals surface area (Å²) in [5.74, 6) is -0.438. The van der Waals surface area contributed by atoms with Crippen molar-refractivity contribution < 1.29 is 12.7 Å². The van der Waals surface area contributed by atoms with Crippen LogP contribution in [0.15, 0.2) is 52.6 Å². The van der Waals surface area contributed by atoms with Crippen molar-refractivity contribution in [3.63, 3.8) is 0 Å². The molecule has 0 radical (unpaired) electrons. The summed E-state index contributed by atoms with van der Waals surface area (Å²) in [5.41, 5.74) is 2.00. The lowest BCUT2D eigenvalue weighted by Gasteiger charge is -2.08. The van der Waals surface area contributed by atoms with Gasteiger partial charge in [-0.25, -0.2) is 0 Å². The van der Waals surface area contributed by atoms with E-state index in [0.29, 0.717) is 11.5 Å². The number of rotatable bonds is 6. The lowest BCUT2D eigenvalue weighted by atomic mass is 9.95. The number of aryl methyl sites for hydroxylation is 1. The maximum Gasteiger partial charge on any atom is 0.328 e. The first-order chi connectivity index (χ1) is 11.4. The highest BCUT2D eigenvalue weighted by Gasteiger charge is 2.16. The second kappa shape index (κ2) is 8.18. The van der Waals surface area contributed by atoms with Gasteiger partial charge in [0.2, 0.25) is 0 Å². The average Bonchev–Trinajstić information content (AvgIpc) is 2.99. The predicted octanol–water partition coefficient (Wildman–Crippen LogP) is 3.86. The van der Waals surface area contributed by atoms with Crippen molar-refractivity contribution >= 4 is 26.9 Å². The Morgan fingerprint density at radius 3 is 2.79 bits per heavy atom. The molecule has 0 amide bonds. The molecule has 0 fully saturated rings. The first-order valence-electron chi connectivity index (χ1n) is 7.47. The summed E-state index contributed by atoms with van der Waals surface area (Å²) in [6.45, 7) is 3.72. The van der Waals surface area contributed by atoms with E-state index in [1.165, 1.54) is 11.8 Å². The Kier molecular flexibility index (Phi) is 6.23. The molecule has 126 valence electrons. The summed E-state index contributed by atoms with van der Waals surface area (Å²) in [6.07, 6.45) is 5.78. The standard InChI is InChI=1S/C17H18N2O3S2/c1-3-10-24(20,21)22-19-17-9-8-15(23-17)11-14(12-18)16-7-5-4-6-13(16)2/h4-9,11,14H,3,10H2,1-2H3/b15-11+,19-17-. The van der Waals surface area contributed by atoms with Gasteiger partial charge in [-0.15, -0.1) is 0 Å². The zero-order chi connectivity index (χ0) is 17.6. The van der Waals surface area contributed by atoms with Crippen LogP contribution in [0.2, 0.25) is 0 Å². The van der Waals surface area contributed by atoms with Gasteiger partial charge in [0.1, 0.15) is 5.04 Å². The molecule has 24 heavy (non-hydrogen) atoms. The fourth-order valence-electron chi connectivity index (χ4n) is 2.16. The SMILES string of the molecule is CCCS(=O)(=O)O/N=C1C=C/C(=C\C(C#N)c2ccccc2C)S/1. The summed E-state index contributed by atoms with van der Waals surface area (Å²) < 4.78 is 27.6. The molecule has 0 N–H and O–H groups in total. The van der Waals surface area contributed by atoms with E-state index in [0.717, 1.165) is 16.0 Å². The van der Waals surface area contributed by atoms with Crippen LogP contribution >= 0.6 is 11.8 Å². The van der Waals surface area contributed by atoms with Crippen LogP contribution in [0.25, 0.3) is 0 Å². The molecular weight excluding hydrogens is 344 g/mol. The molecule has 1 heterocycles. The van der Waals surface area contributed by atoms with Crippen LogP contribution in [0.4, 0.5) is 0 Å². The molecule has 1 aliphatic heterocycles. The van der Waals surface area contributed by atoms with Crippen molar-refractivity contribution in [3.05, 3.63) is 58.5 Å². The van der Waals surface area contributed by atoms with E-state index in [-0.39, 0.29) is 11.7 Å². The molecule has 1 unspecified atom stereocenters. The Morgan fingerprint density at radius 2 is 2.12 bits per heavy atom. The number of benzene rings is 1. The van der Waals surface area contributed by atoms with Crippen molar-refractivity contribution in [2.24, 2.45) is 5.16 Å². The van der Waals surface area contributed by atoms with E-state index in [4.69, 9.17) is 0 Å². The molecule has 0 saturated carbocycles. The summed E-state index contributed by atoms with van der Waals surface area (Å²) in [4.78, 5) is 0.833. The molecule has 0 bridgehead atoms. The summed E-state index contributed by atoms with van der Waals surface area (Å²) in [7, 11) is -3.62. The third kappa shape index (κ3) is 4.98. The summed E-state index contributed by atoms with van der Waals surface area (Å²) >= 11 is 1.27. The van der Waals surface area contributed by atoms with Gasteiger partial charge in [0.15, 0.2) is 0 Å². The minimum Gasteiger partial charge on any atom is -0.267 e. The van der Waals surface area contributed by atoms with Crippen molar-refractivity contribution in [1.29, 1.82) is 5.26 Å². The maximum atomic E-state index is 11.5. The number of hydrogen-bond donors (Lipinski definition) is 0. The monoisotopic (exact) mass is 362 g/mol. The molecule has 5 nitrogen and oxygen atoms in total. The molecule has 1 aromatic carbocycles. The Hall–Kier alpha value is -2.04. The minimum absolute atomic E-state index is 0.0648. The molecule has 1 aliphatic rings. The van der Waals surface area contributed by atoms with Gasteiger partial charge in [-0.1, -0.05) is 48.1 Å². The molecule has 0 saturated heterocycles. The van der Waals surface area contributed by atoms with Crippen LogP contribution in [0.1, 0.15) is 30.4 Å². The maximum absolute atomic E-state index is 11.5. The van der Waals surface area contributed by atoms with Crippen LogP contribution in [-0.2, 0) is 14.4 Å². The smallest absolute Gasteiger partial charge is 0.267 e. The van der Waals surface area contributed by atoms with Gasteiger partial charge in [0.25, 0.3) is 0 Å². The van der Waals surface area contributed by atoms with Gasteiger partial charge in [-0.3, -0.25) is 4.28 Å². The van der Waals surface area contributed by atoms with Gasteiger partial charge in [0, 0.05) is 4.91 Å². The molecule has 0 spiro atoms. The summed E-state index contributed by atoms with van der Waals surface area (Å²) in [6, 6.07) is 10.0. The lowest BCUT2D eigenvalue weighted by molar-refractivity contribution is 0.340. The summed E-state index contributed by atoms with van der Waals surface area (Å²) in [5, 5.41) is 13.6. The molecule has 7 heteroatoms. The third-order valence-corrected chi connectivity index (χ3v) is 5.44. The molecule has 1 atom stereocenters. The number of hydrogen-bond acceptors (Lipinski definition) is 6. The fraction of sp³-hybridized carbons (Fsp3) is 0.294. The van der Waals surface area contributed by atoms with Crippen LogP contribution in [0.3, 0.4) is 0 Å². The topological polar surface area (TPSA) is 79.5 Å². The van der Waals surface area contributed by atoms with Gasteiger partial charge < -0.3 is 0 Å². The van der Waals surface area contributed by atoms with Crippen molar-refractivity contribution in [3.8, 4) is 6.07 Å². The largest absolute Gasteiger partial charge is 0.328 e. The normalized spacial score (nSPS) is 18.7. The van der Waals surface area contributed by atoms with Gasteiger partial charge in [0.05, 0.1) is 17.7 Å². The Morgan fingerprint density at radius 1 is 1.38 bits per heavy atom. The first-order valence-corrected chi connectivity index (χ1v) is 9.87. The minimum atomic E-state index is -3.62. The van der Waals surface area contributed by atoms with E-state index in [9.17, 15) is 13.7 Å². The first kappa shape index (κ1) is 18.3. The van der Waals surface area contributed by atoms with Crippen molar-refractivity contribution in [2.45, 2.75) is 26.2 Å². The van der Waals surface area contributed by atoms with Crippen LogP contribution in [0, 0.1) is 18.3 Å². The van der Waals surface area contributed by atoms with Gasteiger partial charge >= 0.3 is 10.1 Å². The van der Waals surface area contributed by atoms with Crippen molar-refractivity contribution in [2.75, 3.05) is 5.75 Å².